The topological polar surface area (TPSA) is 74.2 Å². The summed E-state index contributed by atoms with van der Waals surface area (Å²) in [5.41, 5.74) is 8.89. The summed E-state index contributed by atoms with van der Waals surface area (Å²) in [6.07, 6.45) is 0.935. The molecule has 0 bridgehead atoms. The second kappa shape index (κ2) is 4.27. The Morgan fingerprint density at radius 1 is 1.35 bits per heavy atom. The third-order valence-electron chi connectivity index (χ3n) is 2.92. The van der Waals surface area contributed by atoms with Gasteiger partial charge in [0.2, 0.25) is 11.7 Å². The quantitative estimate of drug-likeness (QED) is 0.842. The van der Waals surface area contributed by atoms with E-state index in [2.05, 4.69) is 16.2 Å². The monoisotopic (exact) mass is 231 g/mol. The van der Waals surface area contributed by atoms with Crippen LogP contribution in [0.2, 0.25) is 0 Å². The maximum atomic E-state index is 5.48. The van der Waals surface area contributed by atoms with Crippen molar-refractivity contribution in [2.24, 2.45) is 5.73 Å². The zero-order chi connectivity index (χ0) is 11.7. The van der Waals surface area contributed by atoms with E-state index in [1.165, 1.54) is 5.56 Å². The Labute approximate surface area is 98.6 Å². The minimum Gasteiger partial charge on any atom is -0.376 e. The molecule has 0 spiro atoms. The summed E-state index contributed by atoms with van der Waals surface area (Å²) in [7, 11) is 0. The van der Waals surface area contributed by atoms with Crippen molar-refractivity contribution in [3.63, 3.8) is 0 Å². The third kappa shape index (κ3) is 1.83. The van der Waals surface area contributed by atoms with Gasteiger partial charge < -0.3 is 15.0 Å². The average molecular weight is 231 g/mol. The molecule has 2 N–H and O–H groups in total. The lowest BCUT2D eigenvalue weighted by atomic mass is 9.97. The average Bonchev–Trinajstić information content (AvgIpc) is 2.87. The van der Waals surface area contributed by atoms with Crippen LogP contribution in [-0.4, -0.2) is 16.7 Å². The summed E-state index contributed by atoms with van der Waals surface area (Å²) in [6, 6.07) is 6.11. The predicted octanol–water partition coefficient (Wildman–Crippen LogP) is 1.27. The Morgan fingerprint density at radius 2 is 2.29 bits per heavy atom. The lowest BCUT2D eigenvalue weighted by Gasteiger charge is -2.18. The molecule has 0 amide bonds. The number of nitrogens with zero attached hydrogens (tertiary/aromatic N) is 2. The summed E-state index contributed by atoms with van der Waals surface area (Å²) >= 11 is 0. The van der Waals surface area contributed by atoms with Gasteiger partial charge in [-0.25, -0.2) is 0 Å². The van der Waals surface area contributed by atoms with Gasteiger partial charge in [-0.2, -0.15) is 4.98 Å². The van der Waals surface area contributed by atoms with Gasteiger partial charge in [0.25, 0.3) is 0 Å². The van der Waals surface area contributed by atoms with Crippen molar-refractivity contribution in [2.75, 3.05) is 6.61 Å². The number of ether oxygens (including phenoxy) is 1. The van der Waals surface area contributed by atoms with Crippen molar-refractivity contribution in [3.8, 4) is 11.4 Å². The molecule has 0 saturated carbocycles. The van der Waals surface area contributed by atoms with Gasteiger partial charge in [0.1, 0.15) is 0 Å². The van der Waals surface area contributed by atoms with E-state index in [0.717, 1.165) is 24.2 Å². The molecule has 3 rings (SSSR count). The maximum absolute atomic E-state index is 5.48. The first-order chi connectivity index (χ1) is 8.38. The van der Waals surface area contributed by atoms with Gasteiger partial charge in [-0.05, 0) is 17.5 Å². The molecule has 1 aromatic heterocycles. The molecule has 1 aliphatic rings. The summed E-state index contributed by atoms with van der Waals surface area (Å²) in [6.45, 7) is 1.65. The van der Waals surface area contributed by atoms with Gasteiger partial charge in [0, 0.05) is 5.56 Å². The summed E-state index contributed by atoms with van der Waals surface area (Å²) in [5.74, 6) is 1.04. The van der Waals surface area contributed by atoms with Crippen LogP contribution in [0, 0.1) is 0 Å². The molecule has 17 heavy (non-hydrogen) atoms. The number of hydrogen-bond donors (Lipinski definition) is 1. The van der Waals surface area contributed by atoms with Gasteiger partial charge in [-0.1, -0.05) is 23.4 Å². The molecule has 1 aliphatic heterocycles. The van der Waals surface area contributed by atoms with Crippen LogP contribution in [0.3, 0.4) is 0 Å². The first-order valence-corrected chi connectivity index (χ1v) is 5.60. The minimum absolute atomic E-state index is 0.262. The molecule has 5 heteroatoms. The molecule has 1 aromatic carbocycles. The summed E-state index contributed by atoms with van der Waals surface area (Å²) in [4.78, 5) is 4.25. The molecular weight excluding hydrogens is 218 g/mol. The smallest absolute Gasteiger partial charge is 0.240 e. The van der Waals surface area contributed by atoms with Crippen LogP contribution < -0.4 is 5.73 Å². The number of rotatable bonds is 2. The van der Waals surface area contributed by atoms with E-state index >= 15 is 0 Å². The van der Waals surface area contributed by atoms with Crippen LogP contribution in [0.1, 0.15) is 17.0 Å². The van der Waals surface area contributed by atoms with Crippen molar-refractivity contribution >= 4 is 0 Å². The molecule has 0 saturated heterocycles. The number of benzene rings is 1. The predicted molar refractivity (Wildman–Crippen MR) is 61.0 cm³/mol. The van der Waals surface area contributed by atoms with Crippen LogP contribution in [0.5, 0.6) is 0 Å². The second-order valence-electron chi connectivity index (χ2n) is 3.96. The van der Waals surface area contributed by atoms with E-state index < -0.39 is 0 Å². The lowest BCUT2D eigenvalue weighted by Crippen LogP contribution is -2.11. The van der Waals surface area contributed by atoms with Crippen LogP contribution in [0.25, 0.3) is 11.4 Å². The van der Waals surface area contributed by atoms with Crippen molar-refractivity contribution in [3.05, 3.63) is 35.2 Å². The third-order valence-corrected chi connectivity index (χ3v) is 2.92. The standard InChI is InChI=1S/C12H13N3O2/c13-6-11-14-12(15-17-11)9-3-1-2-8-4-5-16-7-10(8)9/h1-3H,4-7,13H2. The molecule has 0 atom stereocenters. The van der Waals surface area contributed by atoms with Crippen molar-refractivity contribution in [1.29, 1.82) is 0 Å². The normalized spacial score (nSPS) is 14.6. The highest BCUT2D eigenvalue weighted by molar-refractivity contribution is 5.62. The SMILES string of the molecule is NCc1nc(-c2cccc3c2COCC3)no1. The molecule has 5 nitrogen and oxygen atoms in total. The Morgan fingerprint density at radius 3 is 3.12 bits per heavy atom. The molecule has 88 valence electrons. The number of hydrogen-bond acceptors (Lipinski definition) is 5. The fraction of sp³-hybridized carbons (Fsp3) is 0.333. The van der Waals surface area contributed by atoms with E-state index in [1.54, 1.807) is 0 Å². The highest BCUT2D eigenvalue weighted by atomic mass is 16.5. The number of aromatic nitrogens is 2. The van der Waals surface area contributed by atoms with Crippen LogP contribution in [0.4, 0.5) is 0 Å². The van der Waals surface area contributed by atoms with E-state index in [9.17, 15) is 0 Å². The van der Waals surface area contributed by atoms with Crippen molar-refractivity contribution in [2.45, 2.75) is 19.6 Å². The Kier molecular flexibility index (Phi) is 2.62. The lowest BCUT2D eigenvalue weighted by molar-refractivity contribution is 0.111. The Balaban J connectivity index is 2.07. The van der Waals surface area contributed by atoms with Crippen molar-refractivity contribution < 1.29 is 9.26 Å². The van der Waals surface area contributed by atoms with Crippen molar-refractivity contribution in [1.82, 2.24) is 10.1 Å². The van der Waals surface area contributed by atoms with Gasteiger partial charge in [0.15, 0.2) is 0 Å². The van der Waals surface area contributed by atoms with E-state index in [1.807, 2.05) is 12.1 Å². The van der Waals surface area contributed by atoms with Gasteiger partial charge >= 0.3 is 0 Å². The highest BCUT2D eigenvalue weighted by Gasteiger charge is 2.17. The molecule has 0 fully saturated rings. The molecule has 0 radical (unpaired) electrons. The van der Waals surface area contributed by atoms with Crippen LogP contribution in [0.15, 0.2) is 22.7 Å². The largest absolute Gasteiger partial charge is 0.376 e. The van der Waals surface area contributed by atoms with E-state index in [-0.39, 0.29) is 6.54 Å². The van der Waals surface area contributed by atoms with E-state index in [0.29, 0.717) is 18.3 Å². The fourth-order valence-electron chi connectivity index (χ4n) is 2.05. The zero-order valence-corrected chi connectivity index (χ0v) is 9.35. The molecule has 2 aromatic rings. The van der Waals surface area contributed by atoms with E-state index in [4.69, 9.17) is 15.0 Å². The molecule has 0 aliphatic carbocycles. The number of fused-ring (bicyclic) bond motifs is 1. The van der Waals surface area contributed by atoms with Crippen LogP contribution in [-0.2, 0) is 24.3 Å². The first-order valence-electron chi connectivity index (χ1n) is 5.60. The Bertz CT molecular complexity index is 536. The van der Waals surface area contributed by atoms with Crippen LogP contribution >= 0.6 is 0 Å². The zero-order valence-electron chi connectivity index (χ0n) is 9.35. The minimum atomic E-state index is 0.262. The molecule has 0 unspecified atom stereocenters. The van der Waals surface area contributed by atoms with Gasteiger partial charge in [-0.3, -0.25) is 0 Å². The van der Waals surface area contributed by atoms with Gasteiger partial charge in [-0.15, -0.1) is 0 Å². The maximum Gasteiger partial charge on any atom is 0.240 e. The first kappa shape index (κ1) is 10.4. The summed E-state index contributed by atoms with van der Waals surface area (Å²) < 4.78 is 10.5. The second-order valence-corrected chi connectivity index (χ2v) is 3.96. The molecule has 2 heterocycles. The number of nitrogens with two attached hydrogens (primary N) is 1. The molecular formula is C12H13N3O2. The van der Waals surface area contributed by atoms with Gasteiger partial charge in [0.05, 0.1) is 19.8 Å². The Hall–Kier alpha value is -1.72. The summed E-state index contributed by atoms with van der Waals surface area (Å²) in [5, 5.41) is 3.94. The fourth-order valence-corrected chi connectivity index (χ4v) is 2.05. The highest BCUT2D eigenvalue weighted by Crippen LogP contribution is 2.27.